The molecule has 0 saturated heterocycles. The van der Waals surface area contributed by atoms with Crippen molar-refractivity contribution in [1.29, 1.82) is 0 Å². The molecule has 1 rings (SSSR count). The van der Waals surface area contributed by atoms with Crippen molar-refractivity contribution in [2.75, 3.05) is 5.75 Å². The molecule has 0 radical (unpaired) electrons. The minimum absolute atomic E-state index is 0.111. The molecule has 5 nitrogen and oxygen atoms in total. The van der Waals surface area contributed by atoms with Crippen LogP contribution in [-0.4, -0.2) is 40.0 Å². The van der Waals surface area contributed by atoms with E-state index in [-0.39, 0.29) is 5.75 Å². The van der Waals surface area contributed by atoms with Crippen LogP contribution in [0.5, 0.6) is 0 Å². The number of aryl methyl sites for hydroxylation is 1. The van der Waals surface area contributed by atoms with Gasteiger partial charge in [-0.15, -0.1) is 11.8 Å². The largest absolute Gasteiger partial charge is 0.480 e. The highest BCUT2D eigenvalue weighted by Gasteiger charge is 2.24. The van der Waals surface area contributed by atoms with Gasteiger partial charge in [0, 0.05) is 4.90 Å². The number of rotatable bonds is 6. The summed E-state index contributed by atoms with van der Waals surface area (Å²) in [5.41, 5.74) is 1.13. The van der Waals surface area contributed by atoms with Gasteiger partial charge in [0.25, 0.3) is 0 Å². The first-order valence-electron chi connectivity index (χ1n) is 5.80. The maximum absolute atomic E-state index is 11.6. The molecular weight excluding hydrogens is 266 g/mol. The smallest absolute Gasteiger partial charge is 0.328 e. The van der Waals surface area contributed by atoms with Crippen molar-refractivity contribution in [3.8, 4) is 0 Å². The Bertz CT molecular complexity index is 444. The van der Waals surface area contributed by atoms with Crippen molar-refractivity contribution in [1.82, 2.24) is 5.32 Å². The van der Waals surface area contributed by atoms with Gasteiger partial charge in [0.05, 0.1) is 11.9 Å². The fourth-order valence-electron chi connectivity index (χ4n) is 1.39. The van der Waals surface area contributed by atoms with E-state index in [1.165, 1.54) is 18.7 Å². The minimum Gasteiger partial charge on any atom is -0.480 e. The quantitative estimate of drug-likeness (QED) is 0.679. The van der Waals surface area contributed by atoms with Crippen LogP contribution in [0.3, 0.4) is 0 Å². The van der Waals surface area contributed by atoms with Crippen molar-refractivity contribution >= 4 is 23.6 Å². The van der Waals surface area contributed by atoms with Crippen LogP contribution < -0.4 is 5.32 Å². The third kappa shape index (κ3) is 5.32. The van der Waals surface area contributed by atoms with Gasteiger partial charge in [-0.1, -0.05) is 17.7 Å². The molecular formula is C13H17NO4S. The highest BCUT2D eigenvalue weighted by molar-refractivity contribution is 8.00. The van der Waals surface area contributed by atoms with Gasteiger partial charge >= 0.3 is 5.97 Å². The van der Waals surface area contributed by atoms with Gasteiger partial charge < -0.3 is 15.5 Å². The Morgan fingerprint density at radius 3 is 2.37 bits per heavy atom. The molecule has 3 N–H and O–H groups in total. The number of carbonyl (C=O) groups is 2. The number of aliphatic hydroxyl groups excluding tert-OH is 1. The Labute approximate surface area is 116 Å². The summed E-state index contributed by atoms with van der Waals surface area (Å²) in [6, 6.07) is 6.41. The van der Waals surface area contributed by atoms with E-state index < -0.39 is 24.0 Å². The lowest BCUT2D eigenvalue weighted by molar-refractivity contribution is -0.144. The molecule has 0 bridgehead atoms. The Balaban J connectivity index is 2.47. The van der Waals surface area contributed by atoms with Crippen molar-refractivity contribution in [2.45, 2.75) is 30.9 Å². The molecule has 6 heteroatoms. The standard InChI is InChI=1S/C13H17NO4S/c1-8-3-5-10(6-4-8)19-7-11(16)14-12(9(2)15)13(17)18/h3-6,9,12,15H,7H2,1-2H3,(H,14,16)(H,17,18). The molecule has 0 saturated carbocycles. The second-order valence-corrected chi connectivity index (χ2v) is 5.27. The molecule has 1 aromatic carbocycles. The molecule has 0 aliphatic rings. The fourth-order valence-corrected chi connectivity index (χ4v) is 2.10. The van der Waals surface area contributed by atoms with Crippen LogP contribution in [0.25, 0.3) is 0 Å². The van der Waals surface area contributed by atoms with E-state index in [0.29, 0.717) is 0 Å². The second kappa shape index (κ2) is 7.16. The van der Waals surface area contributed by atoms with E-state index in [9.17, 15) is 14.7 Å². The van der Waals surface area contributed by atoms with Gasteiger partial charge in [-0.3, -0.25) is 4.79 Å². The number of carboxylic acids is 1. The number of hydrogen-bond acceptors (Lipinski definition) is 4. The molecule has 2 atom stereocenters. The molecule has 104 valence electrons. The van der Waals surface area contributed by atoms with E-state index in [0.717, 1.165) is 10.5 Å². The van der Waals surface area contributed by atoms with E-state index in [1.807, 2.05) is 31.2 Å². The summed E-state index contributed by atoms with van der Waals surface area (Å²) in [5, 5.41) is 20.4. The number of aliphatic carboxylic acids is 1. The van der Waals surface area contributed by atoms with Crippen LogP contribution >= 0.6 is 11.8 Å². The van der Waals surface area contributed by atoms with E-state index in [1.54, 1.807) is 0 Å². The Morgan fingerprint density at radius 2 is 1.89 bits per heavy atom. The maximum atomic E-state index is 11.6. The lowest BCUT2D eigenvalue weighted by atomic mass is 10.2. The molecule has 2 unspecified atom stereocenters. The molecule has 19 heavy (non-hydrogen) atoms. The van der Waals surface area contributed by atoms with Crippen LogP contribution in [0.4, 0.5) is 0 Å². The number of aliphatic hydroxyl groups is 1. The minimum atomic E-state index is -1.27. The maximum Gasteiger partial charge on any atom is 0.328 e. The highest BCUT2D eigenvalue weighted by atomic mass is 32.2. The molecule has 1 aromatic rings. The van der Waals surface area contributed by atoms with Gasteiger partial charge in [-0.05, 0) is 26.0 Å². The Morgan fingerprint density at radius 1 is 1.32 bits per heavy atom. The Hall–Kier alpha value is -1.53. The van der Waals surface area contributed by atoms with Gasteiger partial charge in [0.2, 0.25) is 5.91 Å². The Kier molecular flexibility index (Phi) is 5.85. The summed E-state index contributed by atoms with van der Waals surface area (Å²) in [6.07, 6.45) is -1.13. The first-order chi connectivity index (χ1) is 8.90. The fraction of sp³-hybridized carbons (Fsp3) is 0.385. The zero-order valence-electron chi connectivity index (χ0n) is 10.8. The molecule has 0 heterocycles. The van der Waals surface area contributed by atoms with Crippen LogP contribution in [0.2, 0.25) is 0 Å². The summed E-state index contributed by atoms with van der Waals surface area (Å²) in [6.45, 7) is 3.30. The molecule has 0 aliphatic carbocycles. The lowest BCUT2D eigenvalue weighted by Crippen LogP contribution is -2.48. The van der Waals surface area contributed by atoms with E-state index in [2.05, 4.69) is 5.32 Å². The van der Waals surface area contributed by atoms with Crippen molar-refractivity contribution in [3.63, 3.8) is 0 Å². The monoisotopic (exact) mass is 283 g/mol. The first kappa shape index (κ1) is 15.5. The average molecular weight is 283 g/mol. The number of carbonyl (C=O) groups excluding carboxylic acids is 1. The van der Waals surface area contributed by atoms with Crippen molar-refractivity contribution < 1.29 is 19.8 Å². The lowest BCUT2D eigenvalue weighted by Gasteiger charge is -2.16. The average Bonchev–Trinajstić information content (AvgIpc) is 2.34. The number of benzene rings is 1. The summed E-state index contributed by atoms with van der Waals surface area (Å²) in [5.74, 6) is -1.55. The van der Waals surface area contributed by atoms with Crippen LogP contribution in [-0.2, 0) is 9.59 Å². The molecule has 0 fully saturated rings. The highest BCUT2D eigenvalue weighted by Crippen LogP contribution is 2.17. The van der Waals surface area contributed by atoms with Gasteiger partial charge in [0.1, 0.15) is 0 Å². The van der Waals surface area contributed by atoms with Crippen molar-refractivity contribution in [3.05, 3.63) is 29.8 Å². The number of nitrogens with one attached hydrogen (secondary N) is 1. The van der Waals surface area contributed by atoms with Crippen LogP contribution in [0, 0.1) is 6.92 Å². The summed E-state index contributed by atoms with van der Waals surface area (Å²) >= 11 is 1.32. The summed E-state index contributed by atoms with van der Waals surface area (Å²) in [4.78, 5) is 23.3. The van der Waals surface area contributed by atoms with E-state index >= 15 is 0 Å². The molecule has 1 amide bonds. The van der Waals surface area contributed by atoms with Gasteiger partial charge in [-0.25, -0.2) is 4.79 Å². The predicted octanol–water partition coefficient (Wildman–Crippen LogP) is 1.04. The number of thioether (sulfide) groups is 1. The third-order valence-corrected chi connectivity index (χ3v) is 3.47. The molecule has 0 aromatic heterocycles. The second-order valence-electron chi connectivity index (χ2n) is 4.23. The summed E-state index contributed by atoms with van der Waals surface area (Å²) in [7, 11) is 0. The zero-order chi connectivity index (χ0) is 14.4. The SMILES string of the molecule is Cc1ccc(SCC(=O)NC(C(=O)O)C(C)O)cc1. The van der Waals surface area contributed by atoms with E-state index in [4.69, 9.17) is 5.11 Å². The zero-order valence-corrected chi connectivity index (χ0v) is 11.6. The third-order valence-electron chi connectivity index (χ3n) is 2.46. The molecule has 0 spiro atoms. The van der Waals surface area contributed by atoms with Crippen molar-refractivity contribution in [2.24, 2.45) is 0 Å². The molecule has 0 aliphatic heterocycles. The topological polar surface area (TPSA) is 86.6 Å². The normalized spacial score (nSPS) is 13.6. The van der Waals surface area contributed by atoms with Gasteiger partial charge in [-0.2, -0.15) is 0 Å². The summed E-state index contributed by atoms with van der Waals surface area (Å²) < 4.78 is 0. The predicted molar refractivity (Wildman–Crippen MR) is 73.2 cm³/mol. The first-order valence-corrected chi connectivity index (χ1v) is 6.78. The van der Waals surface area contributed by atoms with Crippen LogP contribution in [0.1, 0.15) is 12.5 Å². The number of amides is 1. The number of carboxylic acid groups (broad SMARTS) is 1. The number of hydrogen-bond donors (Lipinski definition) is 3. The van der Waals surface area contributed by atoms with Crippen LogP contribution in [0.15, 0.2) is 29.2 Å². The van der Waals surface area contributed by atoms with Gasteiger partial charge in [0.15, 0.2) is 6.04 Å².